The topological polar surface area (TPSA) is 58.4 Å². The van der Waals surface area contributed by atoms with E-state index in [1.54, 1.807) is 12.5 Å². The van der Waals surface area contributed by atoms with Crippen molar-refractivity contribution in [1.82, 2.24) is 14.5 Å². The number of aromatic nitrogens is 2. The van der Waals surface area contributed by atoms with E-state index in [4.69, 9.17) is 0 Å². The molecular formula is C12H19N3O2. The number of aliphatic hydroxyl groups is 1. The minimum atomic E-state index is 0.0269. The molecule has 1 fully saturated rings. The highest BCUT2D eigenvalue weighted by molar-refractivity contribution is 5.76. The van der Waals surface area contributed by atoms with E-state index in [0.29, 0.717) is 13.0 Å². The Balaban J connectivity index is 1.85. The van der Waals surface area contributed by atoms with Crippen LogP contribution in [0.1, 0.15) is 25.7 Å². The number of rotatable bonds is 4. The fraction of sp³-hybridized carbons (Fsp3) is 0.667. The molecule has 1 saturated heterocycles. The van der Waals surface area contributed by atoms with Crippen molar-refractivity contribution in [2.75, 3.05) is 13.2 Å². The molecule has 0 saturated carbocycles. The monoisotopic (exact) mass is 237 g/mol. The van der Waals surface area contributed by atoms with Gasteiger partial charge in [0.1, 0.15) is 0 Å². The summed E-state index contributed by atoms with van der Waals surface area (Å²) in [4.78, 5) is 17.8. The maximum Gasteiger partial charge on any atom is 0.224 e. The van der Waals surface area contributed by atoms with Crippen LogP contribution in [-0.4, -0.2) is 44.7 Å². The molecule has 0 aliphatic carbocycles. The molecule has 2 heterocycles. The van der Waals surface area contributed by atoms with Crippen LogP contribution >= 0.6 is 0 Å². The minimum absolute atomic E-state index is 0.0269. The Hall–Kier alpha value is -1.36. The predicted molar refractivity (Wildman–Crippen MR) is 63.3 cm³/mol. The third kappa shape index (κ3) is 3.06. The number of nitrogens with zero attached hydrogens (tertiary/aromatic N) is 3. The fourth-order valence-electron chi connectivity index (χ4n) is 2.31. The Morgan fingerprint density at radius 2 is 2.35 bits per heavy atom. The Labute approximate surface area is 101 Å². The van der Waals surface area contributed by atoms with Gasteiger partial charge < -0.3 is 14.6 Å². The Bertz CT molecular complexity index is 351. The minimum Gasteiger partial charge on any atom is -0.394 e. The van der Waals surface area contributed by atoms with Gasteiger partial charge in [0.15, 0.2) is 0 Å². The van der Waals surface area contributed by atoms with Crippen molar-refractivity contribution in [2.45, 2.75) is 38.3 Å². The molecule has 1 aliphatic rings. The highest BCUT2D eigenvalue weighted by Gasteiger charge is 2.25. The number of likely N-dealkylation sites (tertiary alicyclic amines) is 1. The number of imidazole rings is 1. The van der Waals surface area contributed by atoms with E-state index in [1.807, 2.05) is 15.7 Å². The van der Waals surface area contributed by atoms with Gasteiger partial charge >= 0.3 is 0 Å². The molecule has 5 heteroatoms. The summed E-state index contributed by atoms with van der Waals surface area (Å²) >= 11 is 0. The smallest absolute Gasteiger partial charge is 0.224 e. The zero-order valence-corrected chi connectivity index (χ0v) is 9.96. The van der Waals surface area contributed by atoms with Gasteiger partial charge in [-0.05, 0) is 19.3 Å². The molecule has 0 radical (unpaired) electrons. The van der Waals surface area contributed by atoms with Gasteiger partial charge in [-0.1, -0.05) is 0 Å². The lowest BCUT2D eigenvalue weighted by Gasteiger charge is -2.34. The highest BCUT2D eigenvalue weighted by Crippen LogP contribution is 2.17. The van der Waals surface area contributed by atoms with Gasteiger partial charge in [0.25, 0.3) is 0 Å². The van der Waals surface area contributed by atoms with Crippen LogP contribution in [-0.2, 0) is 11.3 Å². The van der Waals surface area contributed by atoms with E-state index in [-0.39, 0.29) is 18.6 Å². The number of carbonyl (C=O) groups is 1. The lowest BCUT2D eigenvalue weighted by molar-refractivity contribution is -0.136. The predicted octanol–water partition coefficient (Wildman–Crippen LogP) is 0.647. The number of hydrogen-bond acceptors (Lipinski definition) is 3. The average Bonchev–Trinajstić information content (AvgIpc) is 2.89. The summed E-state index contributed by atoms with van der Waals surface area (Å²) in [5, 5.41) is 9.25. The van der Waals surface area contributed by atoms with Crippen molar-refractivity contribution in [3.63, 3.8) is 0 Å². The van der Waals surface area contributed by atoms with Crippen molar-refractivity contribution >= 4 is 5.91 Å². The van der Waals surface area contributed by atoms with Crippen LogP contribution < -0.4 is 0 Å². The number of piperidine rings is 1. The molecule has 17 heavy (non-hydrogen) atoms. The first-order valence-corrected chi connectivity index (χ1v) is 6.17. The van der Waals surface area contributed by atoms with Gasteiger partial charge in [0.05, 0.1) is 19.0 Å². The second-order valence-electron chi connectivity index (χ2n) is 4.47. The molecular weight excluding hydrogens is 218 g/mol. The quantitative estimate of drug-likeness (QED) is 0.836. The first kappa shape index (κ1) is 12.1. The summed E-state index contributed by atoms with van der Waals surface area (Å²) in [6, 6.07) is 0.0269. The molecule has 0 bridgehead atoms. The van der Waals surface area contributed by atoms with Crippen molar-refractivity contribution < 1.29 is 9.90 Å². The number of amides is 1. The second kappa shape index (κ2) is 5.82. The Morgan fingerprint density at radius 1 is 1.47 bits per heavy atom. The molecule has 1 unspecified atom stereocenters. The Morgan fingerprint density at radius 3 is 3.06 bits per heavy atom. The van der Waals surface area contributed by atoms with Crippen LogP contribution in [0.5, 0.6) is 0 Å². The number of aliphatic hydroxyl groups excluding tert-OH is 1. The van der Waals surface area contributed by atoms with Crippen LogP contribution in [0.4, 0.5) is 0 Å². The normalized spacial score (nSPS) is 20.5. The molecule has 2 rings (SSSR count). The fourth-order valence-corrected chi connectivity index (χ4v) is 2.31. The Kier molecular flexibility index (Phi) is 4.14. The van der Waals surface area contributed by atoms with Crippen molar-refractivity contribution in [3.05, 3.63) is 18.7 Å². The zero-order valence-electron chi connectivity index (χ0n) is 9.96. The van der Waals surface area contributed by atoms with Gasteiger partial charge in [-0.3, -0.25) is 4.79 Å². The summed E-state index contributed by atoms with van der Waals surface area (Å²) in [6.45, 7) is 1.53. The largest absolute Gasteiger partial charge is 0.394 e. The van der Waals surface area contributed by atoms with Crippen LogP contribution in [0.15, 0.2) is 18.7 Å². The summed E-state index contributed by atoms with van der Waals surface area (Å²) in [6.07, 6.45) is 8.84. The van der Waals surface area contributed by atoms with Gasteiger partial charge in [0.2, 0.25) is 5.91 Å². The maximum absolute atomic E-state index is 12.0. The molecule has 1 aromatic rings. The van der Waals surface area contributed by atoms with Gasteiger partial charge in [-0.15, -0.1) is 0 Å². The average molecular weight is 237 g/mol. The number of carbonyl (C=O) groups excluding carboxylic acids is 1. The lowest BCUT2D eigenvalue weighted by atomic mass is 10.0. The molecule has 1 N–H and O–H groups in total. The molecule has 1 amide bonds. The van der Waals surface area contributed by atoms with Gasteiger partial charge in [-0.2, -0.15) is 0 Å². The summed E-state index contributed by atoms with van der Waals surface area (Å²) in [5.41, 5.74) is 0. The van der Waals surface area contributed by atoms with Crippen molar-refractivity contribution in [3.8, 4) is 0 Å². The van der Waals surface area contributed by atoms with Crippen molar-refractivity contribution in [1.29, 1.82) is 0 Å². The SMILES string of the molecule is O=C(CCn1ccnc1)N1CCCCC1CO. The summed E-state index contributed by atoms with van der Waals surface area (Å²) < 4.78 is 1.90. The van der Waals surface area contributed by atoms with Crippen molar-refractivity contribution in [2.24, 2.45) is 0 Å². The summed E-state index contributed by atoms with van der Waals surface area (Å²) in [5.74, 6) is 0.137. The van der Waals surface area contributed by atoms with E-state index in [2.05, 4.69) is 4.98 Å². The maximum atomic E-state index is 12.0. The summed E-state index contributed by atoms with van der Waals surface area (Å²) in [7, 11) is 0. The van der Waals surface area contributed by atoms with Crippen LogP contribution in [0, 0.1) is 0 Å². The highest BCUT2D eigenvalue weighted by atomic mass is 16.3. The van der Waals surface area contributed by atoms with E-state index in [1.165, 1.54) is 0 Å². The molecule has 0 aromatic carbocycles. The molecule has 94 valence electrons. The number of aryl methyl sites for hydroxylation is 1. The van der Waals surface area contributed by atoms with Crippen LogP contribution in [0.25, 0.3) is 0 Å². The molecule has 1 aliphatic heterocycles. The molecule has 1 atom stereocenters. The van der Waals surface area contributed by atoms with Gasteiger partial charge in [0, 0.05) is 31.9 Å². The first-order chi connectivity index (χ1) is 8.31. The van der Waals surface area contributed by atoms with E-state index < -0.39 is 0 Å². The zero-order chi connectivity index (χ0) is 12.1. The third-order valence-corrected chi connectivity index (χ3v) is 3.30. The first-order valence-electron chi connectivity index (χ1n) is 6.17. The van der Waals surface area contributed by atoms with E-state index in [0.717, 1.165) is 25.8 Å². The molecule has 1 aromatic heterocycles. The van der Waals surface area contributed by atoms with E-state index >= 15 is 0 Å². The third-order valence-electron chi connectivity index (χ3n) is 3.30. The number of hydrogen-bond donors (Lipinski definition) is 1. The standard InChI is InChI=1S/C12H19N3O2/c16-9-11-3-1-2-6-15(11)12(17)4-7-14-8-5-13-10-14/h5,8,10-11,16H,1-4,6-7,9H2. The van der Waals surface area contributed by atoms with Crippen LogP contribution in [0.3, 0.4) is 0 Å². The van der Waals surface area contributed by atoms with Gasteiger partial charge in [-0.25, -0.2) is 4.98 Å². The van der Waals surface area contributed by atoms with Crippen LogP contribution in [0.2, 0.25) is 0 Å². The molecule has 5 nitrogen and oxygen atoms in total. The molecule has 0 spiro atoms. The second-order valence-corrected chi connectivity index (χ2v) is 4.47. The van der Waals surface area contributed by atoms with E-state index in [9.17, 15) is 9.90 Å². The lowest BCUT2D eigenvalue weighted by Crippen LogP contribution is -2.45.